The molecule has 1 aromatic rings. The maximum atomic E-state index is 12.4. The molecule has 1 heterocycles. The van der Waals surface area contributed by atoms with Crippen molar-refractivity contribution in [3.05, 3.63) is 11.4 Å². The second kappa shape index (κ2) is 4.88. The SMILES string of the molecule is Cc1nn(CCCN)c(C)c1S(=O)(=O)NC1(C)CC1. The Labute approximate surface area is 114 Å². The molecule has 6 nitrogen and oxygen atoms in total. The summed E-state index contributed by atoms with van der Waals surface area (Å²) in [5, 5.41) is 4.31. The molecule has 0 spiro atoms. The van der Waals surface area contributed by atoms with E-state index >= 15 is 0 Å². The van der Waals surface area contributed by atoms with Crippen LogP contribution in [0.3, 0.4) is 0 Å². The Morgan fingerprint density at radius 2 is 2.05 bits per heavy atom. The Bertz CT molecular complexity index is 573. The standard InChI is InChI=1S/C12H22N4O2S/c1-9-11(10(2)16(14-9)8-4-7-13)19(17,18)15-12(3)5-6-12/h15H,4-8,13H2,1-3H3. The molecule has 7 heteroatoms. The second-order valence-electron chi connectivity index (χ2n) is 5.53. The highest BCUT2D eigenvalue weighted by atomic mass is 32.2. The van der Waals surface area contributed by atoms with Crippen molar-refractivity contribution in [3.63, 3.8) is 0 Å². The van der Waals surface area contributed by atoms with E-state index in [9.17, 15) is 8.42 Å². The van der Waals surface area contributed by atoms with Gasteiger partial charge in [0.1, 0.15) is 4.90 Å². The van der Waals surface area contributed by atoms with Gasteiger partial charge in [0.2, 0.25) is 10.0 Å². The van der Waals surface area contributed by atoms with Crippen LogP contribution in [-0.2, 0) is 16.6 Å². The molecule has 0 atom stereocenters. The number of aromatic nitrogens is 2. The first-order valence-corrected chi connectivity index (χ1v) is 8.05. The Morgan fingerprint density at radius 1 is 1.42 bits per heavy atom. The summed E-state index contributed by atoms with van der Waals surface area (Å²) in [6.07, 6.45) is 2.57. The van der Waals surface area contributed by atoms with Gasteiger partial charge in [-0.25, -0.2) is 13.1 Å². The van der Waals surface area contributed by atoms with Crippen molar-refractivity contribution in [1.29, 1.82) is 0 Å². The molecule has 3 N–H and O–H groups in total. The minimum absolute atomic E-state index is 0.267. The van der Waals surface area contributed by atoms with Crippen LogP contribution < -0.4 is 10.5 Å². The molecule has 0 unspecified atom stereocenters. The molecule has 2 rings (SSSR count). The van der Waals surface area contributed by atoms with Crippen molar-refractivity contribution >= 4 is 10.0 Å². The molecule has 1 saturated carbocycles. The largest absolute Gasteiger partial charge is 0.330 e. The van der Waals surface area contributed by atoms with E-state index in [4.69, 9.17) is 5.73 Å². The first kappa shape index (κ1) is 14.5. The summed E-state index contributed by atoms with van der Waals surface area (Å²) in [7, 11) is -3.49. The maximum absolute atomic E-state index is 12.4. The van der Waals surface area contributed by atoms with Gasteiger partial charge in [0.25, 0.3) is 0 Å². The van der Waals surface area contributed by atoms with Gasteiger partial charge in [0.15, 0.2) is 0 Å². The molecule has 0 radical (unpaired) electrons. The quantitative estimate of drug-likeness (QED) is 0.804. The second-order valence-corrected chi connectivity index (χ2v) is 7.15. The summed E-state index contributed by atoms with van der Waals surface area (Å²) in [6, 6.07) is 0. The zero-order valence-electron chi connectivity index (χ0n) is 11.7. The van der Waals surface area contributed by atoms with Crippen molar-refractivity contribution in [2.45, 2.75) is 57.0 Å². The lowest BCUT2D eigenvalue weighted by Crippen LogP contribution is -2.34. The zero-order valence-corrected chi connectivity index (χ0v) is 12.5. The number of hydrogen-bond donors (Lipinski definition) is 2. The summed E-state index contributed by atoms with van der Waals surface area (Å²) in [5.74, 6) is 0. The van der Waals surface area contributed by atoms with Crippen LogP contribution in [0.1, 0.15) is 37.6 Å². The zero-order chi connectivity index (χ0) is 14.3. The summed E-state index contributed by atoms with van der Waals surface area (Å²) in [4.78, 5) is 0.317. The number of rotatable bonds is 6. The highest BCUT2D eigenvalue weighted by molar-refractivity contribution is 7.89. The van der Waals surface area contributed by atoms with E-state index in [0.29, 0.717) is 29.4 Å². The smallest absolute Gasteiger partial charge is 0.244 e. The minimum atomic E-state index is -3.49. The van der Waals surface area contributed by atoms with Crippen molar-refractivity contribution in [1.82, 2.24) is 14.5 Å². The highest BCUT2D eigenvalue weighted by Gasteiger charge is 2.42. The number of nitrogens with one attached hydrogen (secondary N) is 1. The van der Waals surface area contributed by atoms with E-state index in [1.807, 2.05) is 6.92 Å². The van der Waals surface area contributed by atoms with Gasteiger partial charge in [-0.05, 0) is 46.6 Å². The monoisotopic (exact) mass is 286 g/mol. The molecule has 0 bridgehead atoms. The molecule has 19 heavy (non-hydrogen) atoms. The lowest BCUT2D eigenvalue weighted by molar-refractivity contribution is 0.552. The average molecular weight is 286 g/mol. The lowest BCUT2D eigenvalue weighted by Gasteiger charge is -2.12. The Balaban J connectivity index is 2.31. The van der Waals surface area contributed by atoms with E-state index in [-0.39, 0.29) is 5.54 Å². The third kappa shape index (κ3) is 2.98. The maximum Gasteiger partial charge on any atom is 0.244 e. The molecule has 1 aliphatic rings. The van der Waals surface area contributed by atoms with E-state index in [1.54, 1.807) is 18.5 Å². The molecule has 0 aromatic carbocycles. The van der Waals surface area contributed by atoms with Gasteiger partial charge >= 0.3 is 0 Å². The Kier molecular flexibility index (Phi) is 3.72. The average Bonchev–Trinajstić information content (AvgIpc) is 2.91. The van der Waals surface area contributed by atoms with Crippen molar-refractivity contribution in [3.8, 4) is 0 Å². The summed E-state index contributed by atoms with van der Waals surface area (Å²) < 4.78 is 29.4. The highest BCUT2D eigenvalue weighted by Crippen LogP contribution is 2.36. The molecule has 108 valence electrons. The lowest BCUT2D eigenvalue weighted by atomic mass is 10.4. The third-order valence-corrected chi connectivity index (χ3v) is 5.43. The predicted octanol–water partition coefficient (Wildman–Crippen LogP) is 0.680. The predicted molar refractivity (Wildman–Crippen MR) is 73.3 cm³/mol. The third-order valence-electron chi connectivity index (χ3n) is 3.54. The van der Waals surface area contributed by atoms with Gasteiger partial charge in [0.05, 0.1) is 11.4 Å². The number of nitrogens with zero attached hydrogens (tertiary/aromatic N) is 2. The summed E-state index contributed by atoms with van der Waals surface area (Å²) in [5.41, 5.74) is 6.44. The molecule has 1 aliphatic carbocycles. The summed E-state index contributed by atoms with van der Waals surface area (Å²) in [6.45, 7) is 6.66. The van der Waals surface area contributed by atoms with E-state index in [2.05, 4.69) is 9.82 Å². The fourth-order valence-electron chi connectivity index (χ4n) is 2.19. The van der Waals surface area contributed by atoms with Crippen LogP contribution in [0.15, 0.2) is 4.90 Å². The fraction of sp³-hybridized carbons (Fsp3) is 0.750. The molecule has 0 amide bonds. The van der Waals surface area contributed by atoms with Crippen LogP contribution in [0, 0.1) is 13.8 Å². The number of sulfonamides is 1. The first-order valence-electron chi connectivity index (χ1n) is 6.57. The number of aryl methyl sites for hydroxylation is 2. The molecule has 0 aliphatic heterocycles. The Hall–Kier alpha value is -0.920. The van der Waals surface area contributed by atoms with Crippen molar-refractivity contribution in [2.75, 3.05) is 6.54 Å². The molecular formula is C12H22N4O2S. The molecular weight excluding hydrogens is 264 g/mol. The van der Waals surface area contributed by atoms with Crippen LogP contribution in [0.25, 0.3) is 0 Å². The van der Waals surface area contributed by atoms with E-state index in [1.165, 1.54) is 0 Å². The molecule has 1 fully saturated rings. The van der Waals surface area contributed by atoms with Crippen LogP contribution in [0.4, 0.5) is 0 Å². The van der Waals surface area contributed by atoms with Gasteiger partial charge in [0, 0.05) is 12.1 Å². The number of hydrogen-bond acceptors (Lipinski definition) is 4. The normalized spacial score (nSPS) is 17.7. The van der Waals surface area contributed by atoms with Gasteiger partial charge in [-0.1, -0.05) is 0 Å². The van der Waals surface area contributed by atoms with Crippen LogP contribution in [-0.4, -0.2) is 30.3 Å². The van der Waals surface area contributed by atoms with Crippen LogP contribution in [0.5, 0.6) is 0 Å². The van der Waals surface area contributed by atoms with Crippen molar-refractivity contribution < 1.29 is 8.42 Å². The van der Waals surface area contributed by atoms with Crippen LogP contribution >= 0.6 is 0 Å². The Morgan fingerprint density at radius 3 is 2.58 bits per heavy atom. The van der Waals surface area contributed by atoms with Crippen molar-refractivity contribution in [2.24, 2.45) is 5.73 Å². The molecule has 1 aromatic heterocycles. The topological polar surface area (TPSA) is 90.0 Å². The molecule has 0 saturated heterocycles. The first-order chi connectivity index (χ1) is 8.79. The van der Waals surface area contributed by atoms with Gasteiger partial charge in [-0.2, -0.15) is 5.10 Å². The fourth-order valence-corrected chi connectivity index (χ4v) is 4.07. The number of nitrogens with two attached hydrogens (primary N) is 1. The summed E-state index contributed by atoms with van der Waals surface area (Å²) >= 11 is 0. The van der Waals surface area contributed by atoms with Gasteiger partial charge in [-0.3, -0.25) is 4.68 Å². The minimum Gasteiger partial charge on any atom is -0.330 e. The van der Waals surface area contributed by atoms with Gasteiger partial charge < -0.3 is 5.73 Å². The van der Waals surface area contributed by atoms with E-state index < -0.39 is 10.0 Å². The van der Waals surface area contributed by atoms with E-state index in [0.717, 1.165) is 19.3 Å². The van der Waals surface area contributed by atoms with Crippen LogP contribution in [0.2, 0.25) is 0 Å². The van der Waals surface area contributed by atoms with Gasteiger partial charge in [-0.15, -0.1) is 0 Å².